The first-order valence-electron chi connectivity index (χ1n) is 8.61. The number of aryl methyl sites for hydroxylation is 1. The van der Waals surface area contributed by atoms with Crippen LogP contribution in [0.3, 0.4) is 0 Å². The Balaban J connectivity index is 1.69. The smallest absolute Gasteiger partial charge is 0.257 e. The standard InChI is InChI=1S/C18H19ClN4O2S/c1-8-15(26-18(20-8)21-10(3)24)13-6-12-7-23(9(2)11-4-5-11)17(25)14(12)16(19)22-13/h6,9,11H,4-5,7H2,1-3H3,(H,20,21,24)/t9-/m0/s1. The van der Waals surface area contributed by atoms with E-state index < -0.39 is 0 Å². The highest BCUT2D eigenvalue weighted by Crippen LogP contribution is 2.41. The third kappa shape index (κ3) is 2.99. The number of fused-ring (bicyclic) bond motifs is 1. The Morgan fingerprint density at radius 2 is 2.15 bits per heavy atom. The van der Waals surface area contributed by atoms with Gasteiger partial charge in [-0.15, -0.1) is 0 Å². The Hall–Kier alpha value is -1.99. The summed E-state index contributed by atoms with van der Waals surface area (Å²) in [5.41, 5.74) is 2.89. The number of carbonyl (C=O) groups excluding carboxylic acids is 2. The van der Waals surface area contributed by atoms with Crippen LogP contribution < -0.4 is 5.32 Å². The second-order valence-corrected chi connectivity index (χ2v) is 8.32. The zero-order valence-electron chi connectivity index (χ0n) is 14.8. The quantitative estimate of drug-likeness (QED) is 0.804. The van der Waals surface area contributed by atoms with E-state index in [2.05, 4.69) is 22.2 Å². The van der Waals surface area contributed by atoms with Crippen LogP contribution in [0.1, 0.15) is 48.3 Å². The van der Waals surface area contributed by atoms with E-state index in [4.69, 9.17) is 11.6 Å². The first kappa shape index (κ1) is 17.4. The minimum Gasteiger partial charge on any atom is -0.331 e. The second kappa shape index (κ2) is 6.32. The van der Waals surface area contributed by atoms with E-state index in [0.29, 0.717) is 28.9 Å². The molecule has 2 aromatic rings. The van der Waals surface area contributed by atoms with Crippen LogP contribution in [0.4, 0.5) is 5.13 Å². The lowest BCUT2D eigenvalue weighted by atomic mass is 10.1. The zero-order valence-corrected chi connectivity index (χ0v) is 16.4. The molecule has 4 rings (SSSR count). The lowest BCUT2D eigenvalue weighted by Gasteiger charge is -2.23. The normalized spacial score (nSPS) is 17.4. The van der Waals surface area contributed by atoms with E-state index in [1.165, 1.54) is 31.1 Å². The Labute approximate surface area is 160 Å². The Kier molecular flexibility index (Phi) is 4.23. The molecule has 1 N–H and O–H groups in total. The molecule has 0 saturated heterocycles. The molecule has 1 fully saturated rings. The minimum atomic E-state index is -0.166. The van der Waals surface area contributed by atoms with E-state index in [0.717, 1.165) is 16.1 Å². The van der Waals surface area contributed by atoms with E-state index in [9.17, 15) is 9.59 Å². The van der Waals surface area contributed by atoms with Gasteiger partial charge in [0.25, 0.3) is 5.91 Å². The molecule has 2 aromatic heterocycles. The van der Waals surface area contributed by atoms with Crippen molar-refractivity contribution in [2.24, 2.45) is 5.92 Å². The summed E-state index contributed by atoms with van der Waals surface area (Å²) in [6.07, 6.45) is 2.37. The fourth-order valence-corrected chi connectivity index (χ4v) is 4.70. The molecule has 6 nitrogen and oxygen atoms in total. The molecule has 0 radical (unpaired) electrons. The van der Waals surface area contributed by atoms with Gasteiger partial charge in [0.2, 0.25) is 5.91 Å². The molecule has 0 aromatic carbocycles. The molecule has 26 heavy (non-hydrogen) atoms. The maximum absolute atomic E-state index is 12.8. The number of anilines is 1. The van der Waals surface area contributed by atoms with Gasteiger partial charge in [-0.2, -0.15) is 0 Å². The van der Waals surface area contributed by atoms with Crippen molar-refractivity contribution < 1.29 is 9.59 Å². The number of pyridine rings is 1. The van der Waals surface area contributed by atoms with Crippen molar-refractivity contribution >= 4 is 39.9 Å². The third-order valence-corrected chi connectivity index (χ3v) is 6.35. The number of nitrogens with one attached hydrogen (secondary N) is 1. The van der Waals surface area contributed by atoms with Crippen molar-refractivity contribution in [1.29, 1.82) is 0 Å². The van der Waals surface area contributed by atoms with Gasteiger partial charge in [-0.25, -0.2) is 9.97 Å². The molecule has 1 atom stereocenters. The number of thiazole rings is 1. The van der Waals surface area contributed by atoms with Crippen LogP contribution in [0.15, 0.2) is 6.07 Å². The van der Waals surface area contributed by atoms with Gasteiger partial charge in [0, 0.05) is 19.5 Å². The molecule has 3 heterocycles. The maximum atomic E-state index is 12.8. The van der Waals surface area contributed by atoms with Crippen LogP contribution in [-0.2, 0) is 11.3 Å². The van der Waals surface area contributed by atoms with Gasteiger partial charge in [0.05, 0.1) is 21.8 Å². The topological polar surface area (TPSA) is 75.2 Å². The first-order valence-corrected chi connectivity index (χ1v) is 9.80. The summed E-state index contributed by atoms with van der Waals surface area (Å²) < 4.78 is 0. The van der Waals surface area contributed by atoms with Gasteiger partial charge in [-0.3, -0.25) is 9.59 Å². The second-order valence-electron chi connectivity index (χ2n) is 6.96. The largest absolute Gasteiger partial charge is 0.331 e. The lowest BCUT2D eigenvalue weighted by molar-refractivity contribution is -0.114. The predicted molar refractivity (Wildman–Crippen MR) is 101 cm³/mol. The van der Waals surface area contributed by atoms with Crippen molar-refractivity contribution in [2.75, 3.05) is 5.32 Å². The highest BCUT2D eigenvalue weighted by Gasteiger charge is 2.40. The monoisotopic (exact) mass is 390 g/mol. The SMILES string of the molecule is CC(=O)Nc1nc(C)c(-c2cc3c(c(Cl)n2)C(=O)N([C@@H](C)C2CC2)C3)s1. The Bertz CT molecular complexity index is 922. The van der Waals surface area contributed by atoms with Gasteiger partial charge in [-0.1, -0.05) is 22.9 Å². The van der Waals surface area contributed by atoms with E-state index in [1.54, 1.807) is 0 Å². The van der Waals surface area contributed by atoms with E-state index in [-0.39, 0.29) is 23.0 Å². The zero-order chi connectivity index (χ0) is 18.6. The van der Waals surface area contributed by atoms with E-state index >= 15 is 0 Å². The molecule has 2 aliphatic rings. The number of hydrogen-bond donors (Lipinski definition) is 1. The Morgan fingerprint density at radius 3 is 2.81 bits per heavy atom. The molecule has 1 aliphatic carbocycles. The fourth-order valence-electron chi connectivity index (χ4n) is 3.43. The summed E-state index contributed by atoms with van der Waals surface area (Å²) in [4.78, 5) is 35.6. The van der Waals surface area contributed by atoms with Crippen molar-refractivity contribution in [1.82, 2.24) is 14.9 Å². The summed E-state index contributed by atoms with van der Waals surface area (Å²) >= 11 is 7.74. The van der Waals surface area contributed by atoms with Crippen LogP contribution in [-0.4, -0.2) is 32.7 Å². The van der Waals surface area contributed by atoms with Crippen LogP contribution in [0, 0.1) is 12.8 Å². The van der Waals surface area contributed by atoms with Gasteiger partial charge in [0.1, 0.15) is 5.15 Å². The van der Waals surface area contributed by atoms with Crippen LogP contribution in [0.25, 0.3) is 10.6 Å². The minimum absolute atomic E-state index is 0.0246. The maximum Gasteiger partial charge on any atom is 0.257 e. The molecule has 0 unspecified atom stereocenters. The van der Waals surface area contributed by atoms with Gasteiger partial charge in [0.15, 0.2) is 5.13 Å². The molecule has 0 spiro atoms. The molecule has 1 saturated carbocycles. The summed E-state index contributed by atoms with van der Waals surface area (Å²) in [7, 11) is 0. The van der Waals surface area contributed by atoms with Crippen molar-refractivity contribution in [3.8, 4) is 10.6 Å². The molecule has 0 bridgehead atoms. The number of amides is 2. The predicted octanol–water partition coefficient (Wildman–Crippen LogP) is 3.88. The van der Waals surface area contributed by atoms with Crippen LogP contribution in [0.5, 0.6) is 0 Å². The third-order valence-electron chi connectivity index (χ3n) is 4.98. The Morgan fingerprint density at radius 1 is 1.42 bits per heavy atom. The molecular formula is C18H19ClN4O2S. The summed E-state index contributed by atoms with van der Waals surface area (Å²) in [5.74, 6) is 0.410. The fraction of sp³-hybridized carbons (Fsp3) is 0.444. The van der Waals surface area contributed by atoms with E-state index in [1.807, 2.05) is 17.9 Å². The van der Waals surface area contributed by atoms with Crippen molar-refractivity contribution in [3.05, 3.63) is 28.0 Å². The van der Waals surface area contributed by atoms with Gasteiger partial charge >= 0.3 is 0 Å². The number of aromatic nitrogens is 2. The van der Waals surface area contributed by atoms with Gasteiger partial charge < -0.3 is 10.2 Å². The first-order chi connectivity index (χ1) is 12.3. The van der Waals surface area contributed by atoms with Crippen LogP contribution in [0.2, 0.25) is 5.15 Å². The van der Waals surface area contributed by atoms with Crippen LogP contribution >= 0.6 is 22.9 Å². The number of carbonyl (C=O) groups is 2. The number of nitrogens with zero attached hydrogens (tertiary/aromatic N) is 3. The lowest BCUT2D eigenvalue weighted by Crippen LogP contribution is -2.34. The van der Waals surface area contributed by atoms with Crippen molar-refractivity contribution in [3.63, 3.8) is 0 Å². The number of rotatable bonds is 4. The molecule has 2 amide bonds. The molecule has 8 heteroatoms. The average Bonchev–Trinajstić information content (AvgIpc) is 3.27. The summed E-state index contributed by atoms with van der Waals surface area (Å²) in [6.45, 7) is 5.99. The van der Waals surface area contributed by atoms with Crippen molar-refractivity contribution in [2.45, 2.75) is 46.2 Å². The molecule has 1 aliphatic heterocycles. The highest BCUT2D eigenvalue weighted by atomic mass is 35.5. The molecule has 136 valence electrons. The number of halogens is 1. The highest BCUT2D eigenvalue weighted by molar-refractivity contribution is 7.19. The average molecular weight is 391 g/mol. The number of hydrogen-bond acceptors (Lipinski definition) is 5. The summed E-state index contributed by atoms with van der Waals surface area (Å²) in [5, 5.41) is 3.47. The molecular weight excluding hydrogens is 372 g/mol. The summed E-state index contributed by atoms with van der Waals surface area (Å²) in [6, 6.07) is 2.16. The van der Waals surface area contributed by atoms with Gasteiger partial charge in [-0.05, 0) is 44.2 Å².